The zero-order valence-electron chi connectivity index (χ0n) is 15.5. The molecule has 0 bridgehead atoms. The van der Waals surface area contributed by atoms with Crippen LogP contribution in [0.1, 0.15) is 16.7 Å². The number of fused-ring (bicyclic) bond motifs is 1. The van der Waals surface area contributed by atoms with Crippen LogP contribution in [0, 0.1) is 19.7 Å². The summed E-state index contributed by atoms with van der Waals surface area (Å²) in [6.07, 6.45) is 0. The van der Waals surface area contributed by atoms with Crippen LogP contribution >= 0.6 is 23.4 Å². The summed E-state index contributed by atoms with van der Waals surface area (Å²) in [4.78, 5) is 6.64. The summed E-state index contributed by atoms with van der Waals surface area (Å²) in [6, 6.07) is 10.5. The summed E-state index contributed by atoms with van der Waals surface area (Å²) >= 11 is 7.73. The molecule has 0 spiro atoms. The summed E-state index contributed by atoms with van der Waals surface area (Å²) in [6.45, 7) is 4.25. The zero-order chi connectivity index (χ0) is 20.1. The fourth-order valence-electron chi connectivity index (χ4n) is 3.69. The smallest absolute Gasteiger partial charge is 0.164 e. The lowest BCUT2D eigenvalue weighted by Crippen LogP contribution is -2.29. The third kappa shape index (κ3) is 3.93. The molecule has 0 unspecified atom stereocenters. The van der Waals surface area contributed by atoms with Crippen molar-refractivity contribution in [3.05, 3.63) is 63.9 Å². The molecule has 0 aromatic heterocycles. The van der Waals surface area contributed by atoms with Gasteiger partial charge in [-0.05, 0) is 49.2 Å². The quantitative estimate of drug-likeness (QED) is 0.713. The SMILES string of the molecule is Cc1cc(C)cc(N(Cc2c(F)cccc2Cl)C2=N[C@@H]3CS(=O)(=O)C[C@H]3S2)c1. The zero-order valence-corrected chi connectivity index (χ0v) is 17.9. The molecule has 0 radical (unpaired) electrons. The molecule has 0 amide bonds. The van der Waals surface area contributed by atoms with Crippen LogP contribution in [0.5, 0.6) is 0 Å². The number of rotatable bonds is 3. The first-order valence-electron chi connectivity index (χ1n) is 8.95. The van der Waals surface area contributed by atoms with E-state index in [-0.39, 0.29) is 35.2 Å². The lowest BCUT2D eigenvalue weighted by atomic mass is 10.1. The van der Waals surface area contributed by atoms with Crippen molar-refractivity contribution < 1.29 is 12.8 Å². The van der Waals surface area contributed by atoms with Gasteiger partial charge in [0, 0.05) is 21.5 Å². The van der Waals surface area contributed by atoms with Gasteiger partial charge >= 0.3 is 0 Å². The van der Waals surface area contributed by atoms with Gasteiger partial charge in [0.15, 0.2) is 15.0 Å². The summed E-state index contributed by atoms with van der Waals surface area (Å²) in [7, 11) is -3.03. The first-order chi connectivity index (χ1) is 13.2. The highest BCUT2D eigenvalue weighted by Crippen LogP contribution is 2.38. The number of benzene rings is 2. The normalized spacial score (nSPS) is 22.8. The van der Waals surface area contributed by atoms with E-state index in [1.54, 1.807) is 12.1 Å². The molecular weight excluding hydrogens is 419 g/mol. The maximum atomic E-state index is 14.5. The maximum absolute atomic E-state index is 14.5. The molecule has 2 aromatic rings. The van der Waals surface area contributed by atoms with Crippen molar-refractivity contribution in [2.75, 3.05) is 16.4 Å². The van der Waals surface area contributed by atoms with Gasteiger partial charge in [0.2, 0.25) is 0 Å². The van der Waals surface area contributed by atoms with Crippen LogP contribution in [0.15, 0.2) is 41.4 Å². The van der Waals surface area contributed by atoms with Crippen LogP contribution in [-0.2, 0) is 16.4 Å². The summed E-state index contributed by atoms with van der Waals surface area (Å²) in [5, 5.41) is 1.000. The minimum absolute atomic E-state index is 0.0787. The van der Waals surface area contributed by atoms with Crippen molar-refractivity contribution in [2.45, 2.75) is 31.7 Å². The molecule has 2 aromatic carbocycles. The molecule has 2 atom stereocenters. The topological polar surface area (TPSA) is 49.7 Å². The van der Waals surface area contributed by atoms with Crippen LogP contribution in [0.4, 0.5) is 10.1 Å². The molecule has 2 heterocycles. The molecule has 0 N–H and O–H groups in total. The van der Waals surface area contributed by atoms with Crippen molar-refractivity contribution in [3.63, 3.8) is 0 Å². The van der Waals surface area contributed by atoms with E-state index >= 15 is 0 Å². The molecule has 148 valence electrons. The predicted octanol–water partition coefficient (Wildman–Crippen LogP) is 4.37. The molecule has 2 aliphatic heterocycles. The maximum Gasteiger partial charge on any atom is 0.164 e. The fourth-order valence-corrected chi connectivity index (χ4v) is 7.69. The molecule has 2 aliphatic rings. The first kappa shape index (κ1) is 19.7. The van der Waals surface area contributed by atoms with Crippen LogP contribution in [0.25, 0.3) is 0 Å². The molecule has 8 heteroatoms. The number of sulfone groups is 1. The Morgan fingerprint density at radius 3 is 2.57 bits per heavy atom. The van der Waals surface area contributed by atoms with Gasteiger partial charge in [-0.3, -0.25) is 4.99 Å². The molecule has 28 heavy (non-hydrogen) atoms. The Bertz CT molecular complexity index is 1030. The minimum Gasteiger partial charge on any atom is -0.317 e. The number of aryl methyl sites for hydroxylation is 2. The minimum atomic E-state index is -3.03. The second-order valence-corrected chi connectivity index (χ2v) is 11.1. The van der Waals surface area contributed by atoms with E-state index < -0.39 is 9.84 Å². The third-order valence-corrected chi connectivity index (χ3v) is 8.53. The van der Waals surface area contributed by atoms with E-state index in [0.717, 1.165) is 16.8 Å². The number of amidine groups is 1. The van der Waals surface area contributed by atoms with Crippen LogP contribution in [-0.4, -0.2) is 36.4 Å². The van der Waals surface area contributed by atoms with Gasteiger partial charge in [-0.2, -0.15) is 0 Å². The van der Waals surface area contributed by atoms with Crippen molar-refractivity contribution in [1.82, 2.24) is 0 Å². The summed E-state index contributed by atoms with van der Waals surface area (Å²) in [5.74, 6) is -0.153. The molecule has 4 rings (SSSR count). The Hall–Kier alpha value is -1.57. The highest BCUT2D eigenvalue weighted by atomic mass is 35.5. The molecule has 4 nitrogen and oxygen atoms in total. The van der Waals surface area contributed by atoms with E-state index in [2.05, 4.69) is 6.07 Å². The largest absolute Gasteiger partial charge is 0.317 e. The predicted molar refractivity (Wildman–Crippen MR) is 115 cm³/mol. The van der Waals surface area contributed by atoms with Gasteiger partial charge in [0.25, 0.3) is 0 Å². The van der Waals surface area contributed by atoms with Gasteiger partial charge < -0.3 is 4.90 Å². The van der Waals surface area contributed by atoms with Gasteiger partial charge in [0.1, 0.15) is 5.82 Å². The van der Waals surface area contributed by atoms with Crippen LogP contribution in [0.2, 0.25) is 5.02 Å². The Labute approximate surface area is 173 Å². The van der Waals surface area contributed by atoms with Crippen molar-refractivity contribution in [3.8, 4) is 0 Å². The highest BCUT2D eigenvalue weighted by Gasteiger charge is 2.44. The summed E-state index contributed by atoms with van der Waals surface area (Å²) in [5.41, 5.74) is 3.47. The number of halogens is 2. The Kier molecular flexibility index (Phi) is 5.18. The average Bonchev–Trinajstić information content (AvgIpc) is 3.07. The monoisotopic (exact) mass is 438 g/mol. The fraction of sp³-hybridized carbons (Fsp3) is 0.350. The van der Waals surface area contributed by atoms with Crippen molar-refractivity contribution >= 4 is 44.1 Å². The van der Waals surface area contributed by atoms with Crippen LogP contribution < -0.4 is 4.90 Å². The van der Waals surface area contributed by atoms with E-state index in [4.69, 9.17) is 16.6 Å². The van der Waals surface area contributed by atoms with Gasteiger partial charge in [0.05, 0.1) is 24.1 Å². The van der Waals surface area contributed by atoms with Crippen LogP contribution in [0.3, 0.4) is 0 Å². The number of aliphatic imine (C=N–C) groups is 1. The average molecular weight is 439 g/mol. The lowest BCUT2D eigenvalue weighted by Gasteiger charge is -2.26. The standard InChI is InChI=1S/C20H20ClFN2O2S2/c1-12-6-13(2)8-14(7-12)24(9-15-16(21)4-3-5-17(15)22)20-23-18-10-28(25,26)11-19(18)27-20/h3-8,18-19H,9-11H2,1-2H3/t18-,19-/m1/s1. The Balaban J connectivity index is 1.75. The number of nitrogens with zero attached hydrogens (tertiary/aromatic N) is 2. The Morgan fingerprint density at radius 1 is 1.21 bits per heavy atom. The van der Waals surface area contributed by atoms with Gasteiger partial charge in [-0.25, -0.2) is 12.8 Å². The van der Waals surface area contributed by atoms with Crippen molar-refractivity contribution in [1.29, 1.82) is 0 Å². The van der Waals surface area contributed by atoms with Gasteiger partial charge in [-0.15, -0.1) is 0 Å². The molecule has 1 fully saturated rings. The first-order valence-corrected chi connectivity index (χ1v) is 12.0. The lowest BCUT2D eigenvalue weighted by molar-refractivity contribution is 0.601. The van der Waals surface area contributed by atoms with E-state index in [0.29, 0.717) is 15.8 Å². The highest BCUT2D eigenvalue weighted by molar-refractivity contribution is 8.15. The molecule has 1 saturated heterocycles. The van der Waals surface area contributed by atoms with Gasteiger partial charge in [-0.1, -0.05) is 35.5 Å². The van der Waals surface area contributed by atoms with E-state index in [1.807, 2.05) is 30.9 Å². The second kappa shape index (κ2) is 7.35. The number of hydrogen-bond donors (Lipinski definition) is 0. The molecule has 0 aliphatic carbocycles. The number of thioether (sulfide) groups is 1. The van der Waals surface area contributed by atoms with Crippen molar-refractivity contribution in [2.24, 2.45) is 4.99 Å². The summed E-state index contributed by atoms with van der Waals surface area (Å²) < 4.78 is 38.3. The molecular formula is C20H20ClFN2O2S2. The van der Waals surface area contributed by atoms with E-state index in [1.165, 1.54) is 17.8 Å². The second-order valence-electron chi connectivity index (χ2n) is 7.34. The van der Waals surface area contributed by atoms with E-state index in [9.17, 15) is 12.8 Å². The molecule has 0 saturated carbocycles. The third-order valence-electron chi connectivity index (χ3n) is 4.93. The Morgan fingerprint density at radius 2 is 1.93 bits per heavy atom. The number of anilines is 1. The number of hydrogen-bond acceptors (Lipinski definition) is 5.